The van der Waals surface area contributed by atoms with Gasteiger partial charge in [-0.1, -0.05) is 0 Å². The van der Waals surface area contributed by atoms with Crippen molar-refractivity contribution < 1.29 is 4.74 Å². The number of nitrogens with one attached hydrogen (secondary N) is 1. The number of fused-ring (bicyclic) bond motifs is 2. The molecule has 3 aliphatic rings. The maximum Gasteiger partial charge on any atom is 0.222 e. The summed E-state index contributed by atoms with van der Waals surface area (Å²) in [5.41, 5.74) is 6.82. The van der Waals surface area contributed by atoms with Crippen molar-refractivity contribution in [2.24, 2.45) is 11.8 Å². The number of likely N-dealkylation sites (N-methyl/N-ethyl adjacent to an activating group) is 1. The number of anilines is 2. The fraction of sp³-hybridized carbons (Fsp3) is 0.765. The molecule has 23 heavy (non-hydrogen) atoms. The first-order valence-electron chi connectivity index (χ1n) is 8.88. The van der Waals surface area contributed by atoms with E-state index in [9.17, 15) is 0 Å². The van der Waals surface area contributed by atoms with Gasteiger partial charge in [0.05, 0.1) is 18.4 Å². The molecule has 2 aliphatic carbocycles. The van der Waals surface area contributed by atoms with Crippen LogP contribution in [-0.4, -0.2) is 42.3 Å². The molecule has 0 unspecified atom stereocenters. The van der Waals surface area contributed by atoms with Crippen molar-refractivity contribution in [3.63, 3.8) is 0 Å². The van der Waals surface area contributed by atoms with Gasteiger partial charge < -0.3 is 20.7 Å². The highest BCUT2D eigenvalue weighted by Gasteiger charge is 2.40. The molecule has 0 radical (unpaired) electrons. The largest absolute Gasteiger partial charge is 0.372 e. The van der Waals surface area contributed by atoms with E-state index in [0.29, 0.717) is 24.7 Å². The highest BCUT2D eigenvalue weighted by molar-refractivity contribution is 5.44. The van der Waals surface area contributed by atoms with E-state index in [-0.39, 0.29) is 0 Å². The molecule has 1 aliphatic heterocycles. The fourth-order valence-electron chi connectivity index (χ4n) is 4.53. The lowest BCUT2D eigenvalue weighted by Crippen LogP contribution is -2.30. The summed E-state index contributed by atoms with van der Waals surface area (Å²) in [4.78, 5) is 11.1. The molecule has 3 N–H and O–H groups in total. The van der Waals surface area contributed by atoms with Crippen molar-refractivity contribution in [2.45, 2.75) is 50.9 Å². The van der Waals surface area contributed by atoms with E-state index < -0.39 is 0 Å². The van der Waals surface area contributed by atoms with Gasteiger partial charge in [0.15, 0.2) is 0 Å². The van der Waals surface area contributed by atoms with Crippen LogP contribution in [0, 0.1) is 11.8 Å². The van der Waals surface area contributed by atoms with Crippen LogP contribution in [0.4, 0.5) is 11.8 Å². The van der Waals surface area contributed by atoms with Gasteiger partial charge in [-0.05, 0) is 51.0 Å². The number of ether oxygens (including phenoxy) is 1. The summed E-state index contributed by atoms with van der Waals surface area (Å²) in [6, 6.07) is 2.57. The van der Waals surface area contributed by atoms with Gasteiger partial charge in [-0.2, -0.15) is 4.98 Å². The van der Waals surface area contributed by atoms with Gasteiger partial charge in [-0.25, -0.2) is 4.98 Å². The number of hydrogen-bond donors (Lipinski definition) is 2. The molecule has 1 saturated heterocycles. The summed E-state index contributed by atoms with van der Waals surface area (Å²) in [5.74, 6) is 2.96. The molecule has 2 bridgehead atoms. The molecule has 0 aromatic carbocycles. The third-order valence-electron chi connectivity index (χ3n) is 5.82. The van der Waals surface area contributed by atoms with Crippen LogP contribution in [0.1, 0.15) is 37.8 Å². The Labute approximate surface area is 137 Å². The molecule has 6 heteroatoms. The highest BCUT2D eigenvalue weighted by atomic mass is 16.5. The molecule has 2 heterocycles. The lowest BCUT2D eigenvalue weighted by Gasteiger charge is -2.22. The van der Waals surface area contributed by atoms with E-state index in [2.05, 4.69) is 20.2 Å². The van der Waals surface area contributed by atoms with Crippen molar-refractivity contribution in [3.8, 4) is 0 Å². The van der Waals surface area contributed by atoms with Crippen LogP contribution >= 0.6 is 0 Å². The van der Waals surface area contributed by atoms with Gasteiger partial charge in [0.2, 0.25) is 5.95 Å². The molecule has 1 aromatic heterocycles. The van der Waals surface area contributed by atoms with Crippen molar-refractivity contribution in [1.29, 1.82) is 0 Å². The van der Waals surface area contributed by atoms with E-state index in [1.807, 2.05) is 13.1 Å². The van der Waals surface area contributed by atoms with E-state index in [4.69, 9.17) is 10.5 Å². The van der Waals surface area contributed by atoms with E-state index >= 15 is 0 Å². The van der Waals surface area contributed by atoms with E-state index in [0.717, 1.165) is 42.9 Å². The summed E-state index contributed by atoms with van der Waals surface area (Å²) in [6.07, 6.45) is 6.89. The molecule has 126 valence electrons. The third-order valence-corrected chi connectivity index (χ3v) is 5.82. The Morgan fingerprint density at radius 3 is 2.91 bits per heavy atom. The number of aromatic nitrogens is 2. The lowest BCUT2D eigenvalue weighted by molar-refractivity contribution is 0.00371. The predicted octanol–water partition coefficient (Wildman–Crippen LogP) is 1.56. The minimum atomic E-state index is 0.349. The Morgan fingerprint density at radius 2 is 2.22 bits per heavy atom. The maximum atomic E-state index is 6.16. The van der Waals surface area contributed by atoms with Crippen LogP contribution in [-0.2, 0) is 11.3 Å². The zero-order chi connectivity index (χ0) is 15.8. The summed E-state index contributed by atoms with van der Waals surface area (Å²) in [5, 5.41) is 3.33. The van der Waals surface area contributed by atoms with Crippen LogP contribution < -0.4 is 16.0 Å². The van der Waals surface area contributed by atoms with Crippen LogP contribution in [0.25, 0.3) is 0 Å². The summed E-state index contributed by atoms with van der Waals surface area (Å²) < 4.78 is 6.16. The summed E-state index contributed by atoms with van der Waals surface area (Å²) >= 11 is 0. The number of hydrogen-bond acceptors (Lipinski definition) is 6. The number of rotatable bonds is 5. The first kappa shape index (κ1) is 15.1. The van der Waals surface area contributed by atoms with Crippen LogP contribution in [0.15, 0.2) is 6.07 Å². The Bertz CT molecular complexity index is 566. The quantitative estimate of drug-likeness (QED) is 0.858. The molecular weight excluding hydrogens is 290 g/mol. The standard InChI is InChI=1S/C17H27N5O/c1-19-13-4-5-22(9-13)16-8-14(20-17(18)21-16)10-23-15-7-11-2-3-12(15)6-11/h8,11-13,15,19H,2-7,9-10H2,1H3,(H2,18,20,21)/t11-,12+,13-,15-/m1/s1. The molecule has 2 saturated carbocycles. The zero-order valence-electron chi connectivity index (χ0n) is 13.9. The highest BCUT2D eigenvalue weighted by Crippen LogP contribution is 2.46. The van der Waals surface area contributed by atoms with E-state index in [1.165, 1.54) is 25.7 Å². The Balaban J connectivity index is 1.40. The number of nitrogens with zero attached hydrogens (tertiary/aromatic N) is 3. The molecule has 1 aromatic rings. The second-order valence-electron chi connectivity index (χ2n) is 7.32. The minimum absolute atomic E-state index is 0.349. The van der Waals surface area contributed by atoms with Gasteiger partial charge in [0.25, 0.3) is 0 Å². The first-order valence-corrected chi connectivity index (χ1v) is 8.88. The molecular formula is C17H27N5O. The lowest BCUT2D eigenvalue weighted by atomic mass is 9.98. The molecule has 4 rings (SSSR count). The van der Waals surface area contributed by atoms with E-state index in [1.54, 1.807) is 0 Å². The van der Waals surface area contributed by atoms with Gasteiger partial charge in [0.1, 0.15) is 5.82 Å². The molecule has 6 nitrogen and oxygen atoms in total. The topological polar surface area (TPSA) is 76.3 Å². The van der Waals surface area contributed by atoms with Gasteiger partial charge in [-0.3, -0.25) is 0 Å². The average molecular weight is 317 g/mol. The smallest absolute Gasteiger partial charge is 0.222 e. The van der Waals surface area contributed by atoms with Gasteiger partial charge >= 0.3 is 0 Å². The Hall–Kier alpha value is -1.40. The normalized spacial score (nSPS) is 32.8. The first-order chi connectivity index (χ1) is 11.2. The predicted molar refractivity (Wildman–Crippen MR) is 90.1 cm³/mol. The Morgan fingerprint density at radius 1 is 1.30 bits per heavy atom. The van der Waals surface area contributed by atoms with Crippen molar-refractivity contribution in [1.82, 2.24) is 15.3 Å². The zero-order valence-corrected chi connectivity index (χ0v) is 13.9. The van der Waals surface area contributed by atoms with Crippen molar-refractivity contribution in [2.75, 3.05) is 30.8 Å². The van der Waals surface area contributed by atoms with Gasteiger partial charge in [0, 0.05) is 25.2 Å². The second-order valence-corrected chi connectivity index (χ2v) is 7.32. The monoisotopic (exact) mass is 317 g/mol. The summed E-state index contributed by atoms with van der Waals surface area (Å²) in [7, 11) is 2.01. The second kappa shape index (κ2) is 6.24. The summed E-state index contributed by atoms with van der Waals surface area (Å²) in [6.45, 7) is 2.53. The fourth-order valence-corrected chi connectivity index (χ4v) is 4.53. The van der Waals surface area contributed by atoms with Crippen LogP contribution in [0.3, 0.4) is 0 Å². The van der Waals surface area contributed by atoms with Crippen LogP contribution in [0.2, 0.25) is 0 Å². The average Bonchev–Trinajstić information content (AvgIpc) is 3.28. The molecule has 3 fully saturated rings. The van der Waals surface area contributed by atoms with Crippen molar-refractivity contribution >= 4 is 11.8 Å². The van der Waals surface area contributed by atoms with Crippen LogP contribution in [0.5, 0.6) is 0 Å². The van der Waals surface area contributed by atoms with Crippen molar-refractivity contribution in [3.05, 3.63) is 11.8 Å². The molecule has 4 atom stereocenters. The molecule has 0 amide bonds. The maximum absolute atomic E-state index is 6.16. The minimum Gasteiger partial charge on any atom is -0.372 e. The third kappa shape index (κ3) is 3.15. The number of nitrogen functional groups attached to an aromatic ring is 1. The SMILES string of the molecule is CN[C@@H]1CCN(c2cc(CO[C@@H]3C[C@@H]4CC[C@H]3C4)nc(N)n2)C1. The Kier molecular flexibility index (Phi) is 4.11. The molecule has 0 spiro atoms. The number of nitrogens with two attached hydrogens (primary N) is 1. The van der Waals surface area contributed by atoms with Gasteiger partial charge in [-0.15, -0.1) is 0 Å².